The number of nitrogens with zero attached hydrogens (tertiary/aromatic N) is 3. The molecule has 0 N–H and O–H groups in total. The highest BCUT2D eigenvalue weighted by atomic mass is 32.2. The van der Waals surface area contributed by atoms with Gasteiger partial charge in [-0.05, 0) is 34.7 Å². The van der Waals surface area contributed by atoms with Gasteiger partial charge in [0.15, 0.2) is 0 Å². The first-order chi connectivity index (χ1) is 15.0. The van der Waals surface area contributed by atoms with Crippen LogP contribution in [0.1, 0.15) is 11.1 Å². The van der Waals surface area contributed by atoms with E-state index in [4.69, 9.17) is 0 Å². The molecule has 1 aromatic heterocycles. The van der Waals surface area contributed by atoms with Crippen molar-refractivity contribution in [3.8, 4) is 5.69 Å². The third-order valence-electron chi connectivity index (χ3n) is 5.03. The lowest BCUT2D eigenvalue weighted by Crippen LogP contribution is -2.05. The normalized spacial score (nSPS) is 12.2. The van der Waals surface area contributed by atoms with Gasteiger partial charge in [0, 0.05) is 5.39 Å². The van der Waals surface area contributed by atoms with Gasteiger partial charge in [0.2, 0.25) is 0 Å². The summed E-state index contributed by atoms with van der Waals surface area (Å²) in [5.41, 5.74) is 2.99. The maximum Gasteiger partial charge on any atom is 0.125 e. The summed E-state index contributed by atoms with van der Waals surface area (Å²) in [6, 6.07) is 25.7. The van der Waals surface area contributed by atoms with Gasteiger partial charge in [0.1, 0.15) is 21.2 Å². The van der Waals surface area contributed by atoms with Crippen molar-refractivity contribution < 1.29 is 13.0 Å². The van der Waals surface area contributed by atoms with Crippen molar-refractivity contribution in [2.45, 2.75) is 4.90 Å². The molecule has 0 atom stereocenters. The lowest BCUT2D eigenvalue weighted by Gasteiger charge is -2.12. The molecule has 0 unspecified atom stereocenters. The van der Waals surface area contributed by atoms with E-state index in [9.17, 15) is 13.0 Å². The lowest BCUT2D eigenvalue weighted by atomic mass is 10.1. The zero-order chi connectivity index (χ0) is 21.4. The molecule has 0 aliphatic carbocycles. The van der Waals surface area contributed by atoms with Crippen LogP contribution in [0.3, 0.4) is 0 Å². The van der Waals surface area contributed by atoms with Gasteiger partial charge >= 0.3 is 0 Å². The average molecular weight is 426 g/mol. The van der Waals surface area contributed by atoms with Crippen LogP contribution >= 0.6 is 0 Å². The molecule has 6 nitrogen and oxygen atoms in total. The van der Waals surface area contributed by atoms with Crippen LogP contribution in [0.4, 0.5) is 0 Å². The summed E-state index contributed by atoms with van der Waals surface area (Å²) in [4.78, 5) is 1.04. The third kappa shape index (κ3) is 3.72. The summed E-state index contributed by atoms with van der Waals surface area (Å²) in [6.07, 6.45) is 3.38. The Morgan fingerprint density at radius 2 is 1.58 bits per heavy atom. The van der Waals surface area contributed by atoms with E-state index in [1.54, 1.807) is 24.3 Å². The first-order valence-electron chi connectivity index (χ1n) is 9.57. The molecule has 31 heavy (non-hydrogen) atoms. The van der Waals surface area contributed by atoms with E-state index in [0.717, 1.165) is 16.3 Å². The van der Waals surface area contributed by atoms with E-state index in [0.29, 0.717) is 22.3 Å². The van der Waals surface area contributed by atoms with Crippen molar-refractivity contribution in [1.82, 2.24) is 15.0 Å². The van der Waals surface area contributed by atoms with E-state index in [1.165, 1.54) is 10.9 Å². The largest absolute Gasteiger partial charge is 0.744 e. The predicted octanol–water partition coefficient (Wildman–Crippen LogP) is 4.65. The molecule has 4 aromatic carbocycles. The van der Waals surface area contributed by atoms with Gasteiger partial charge < -0.3 is 4.55 Å². The highest BCUT2D eigenvalue weighted by molar-refractivity contribution is 7.85. The Labute approximate surface area is 178 Å². The highest BCUT2D eigenvalue weighted by Crippen LogP contribution is 2.25. The topological polar surface area (TPSA) is 87.9 Å². The Balaban J connectivity index is 1.62. The van der Waals surface area contributed by atoms with Gasteiger partial charge in [-0.3, -0.25) is 0 Å². The number of hydrogen-bond donors (Lipinski definition) is 0. The van der Waals surface area contributed by atoms with E-state index in [-0.39, 0.29) is 4.90 Å². The molecule has 0 fully saturated rings. The van der Waals surface area contributed by atoms with Crippen LogP contribution in [0, 0.1) is 0 Å². The summed E-state index contributed by atoms with van der Waals surface area (Å²) < 4.78 is 35.9. The number of aromatic nitrogens is 3. The van der Waals surface area contributed by atoms with Crippen molar-refractivity contribution in [2.75, 3.05) is 0 Å². The molecule has 152 valence electrons. The lowest BCUT2D eigenvalue weighted by molar-refractivity contribution is 0.463. The minimum absolute atomic E-state index is 0.310. The first kappa shape index (κ1) is 19.2. The molecule has 0 spiro atoms. The van der Waals surface area contributed by atoms with E-state index in [1.807, 2.05) is 66.7 Å². The smallest absolute Gasteiger partial charge is 0.125 e. The standard InChI is InChI=1S/C24H17N3O3S/c28-31(29,30)23-16-20(14-12-19(23)11-10-17-6-2-1-3-7-17)27-25-22-15-13-18-8-4-5-9-21(18)24(22)26-27/h1-16H,(H,28,29,30)/p-1. The second kappa shape index (κ2) is 7.46. The molecular weight excluding hydrogens is 410 g/mol. The van der Waals surface area contributed by atoms with Crippen LogP contribution in [0.15, 0.2) is 89.8 Å². The summed E-state index contributed by atoms with van der Waals surface area (Å²) in [5, 5.41) is 11.0. The van der Waals surface area contributed by atoms with E-state index < -0.39 is 10.1 Å². The molecule has 5 rings (SSSR count). The maximum absolute atomic E-state index is 12.0. The summed E-state index contributed by atoms with van der Waals surface area (Å²) in [5.74, 6) is 0. The predicted molar refractivity (Wildman–Crippen MR) is 120 cm³/mol. The fourth-order valence-corrected chi connectivity index (χ4v) is 4.21. The minimum atomic E-state index is -4.70. The zero-order valence-electron chi connectivity index (χ0n) is 16.2. The summed E-state index contributed by atoms with van der Waals surface area (Å²) in [7, 11) is -4.70. The molecule has 0 aliphatic heterocycles. The molecule has 0 bridgehead atoms. The Morgan fingerprint density at radius 1 is 0.806 bits per heavy atom. The molecule has 5 aromatic rings. The molecule has 0 radical (unpaired) electrons. The number of benzene rings is 4. The molecule has 1 heterocycles. The maximum atomic E-state index is 12.0. The van der Waals surface area contributed by atoms with Crippen LogP contribution in [0.5, 0.6) is 0 Å². The number of hydrogen-bond acceptors (Lipinski definition) is 5. The van der Waals surface area contributed by atoms with Gasteiger partial charge in [-0.15, -0.1) is 10.2 Å². The summed E-state index contributed by atoms with van der Waals surface area (Å²) >= 11 is 0. The van der Waals surface area contributed by atoms with Gasteiger partial charge in [-0.25, -0.2) is 8.42 Å². The highest BCUT2D eigenvalue weighted by Gasteiger charge is 2.13. The number of rotatable bonds is 4. The van der Waals surface area contributed by atoms with Crippen LogP contribution in [0.25, 0.3) is 39.6 Å². The monoisotopic (exact) mass is 426 g/mol. The fourth-order valence-electron chi connectivity index (χ4n) is 3.52. The van der Waals surface area contributed by atoms with Crippen molar-refractivity contribution in [3.05, 3.63) is 96.1 Å². The van der Waals surface area contributed by atoms with E-state index >= 15 is 0 Å². The van der Waals surface area contributed by atoms with Crippen molar-refractivity contribution in [3.63, 3.8) is 0 Å². The average Bonchev–Trinajstić information content (AvgIpc) is 3.23. The van der Waals surface area contributed by atoms with Crippen molar-refractivity contribution in [1.29, 1.82) is 0 Å². The third-order valence-corrected chi connectivity index (χ3v) is 5.92. The van der Waals surface area contributed by atoms with Crippen LogP contribution in [0.2, 0.25) is 0 Å². The fraction of sp³-hybridized carbons (Fsp3) is 0. The Morgan fingerprint density at radius 3 is 2.39 bits per heavy atom. The SMILES string of the molecule is O=S(=O)([O-])c1cc(-n2nc3ccc4ccccc4c3n2)ccc1C=Cc1ccccc1. The molecule has 7 heteroatoms. The Bertz CT molecular complexity index is 1560. The minimum Gasteiger partial charge on any atom is -0.744 e. The second-order valence-corrected chi connectivity index (χ2v) is 8.41. The van der Waals surface area contributed by atoms with Crippen LogP contribution < -0.4 is 0 Å². The van der Waals surface area contributed by atoms with E-state index in [2.05, 4.69) is 10.2 Å². The molecule has 0 amide bonds. The van der Waals surface area contributed by atoms with Gasteiger partial charge in [0.05, 0.1) is 10.6 Å². The van der Waals surface area contributed by atoms with Gasteiger partial charge in [0.25, 0.3) is 0 Å². The Kier molecular flexibility index (Phi) is 4.62. The zero-order valence-corrected chi connectivity index (χ0v) is 17.0. The molecule has 0 saturated heterocycles. The first-order valence-corrected chi connectivity index (χ1v) is 11.0. The van der Waals surface area contributed by atoms with Crippen molar-refractivity contribution >= 4 is 44.1 Å². The van der Waals surface area contributed by atoms with Crippen LogP contribution in [-0.2, 0) is 10.1 Å². The molecule has 0 aliphatic rings. The second-order valence-electron chi connectivity index (χ2n) is 7.06. The van der Waals surface area contributed by atoms with Crippen LogP contribution in [-0.4, -0.2) is 28.0 Å². The van der Waals surface area contributed by atoms with Gasteiger partial charge in [-0.1, -0.05) is 78.9 Å². The summed E-state index contributed by atoms with van der Waals surface area (Å²) in [6.45, 7) is 0. The molecule has 0 saturated carbocycles. The Hall–Kier alpha value is -3.81. The quantitative estimate of drug-likeness (QED) is 0.308. The number of fused-ring (bicyclic) bond motifs is 3. The molecular formula is C24H16N3O3S-. The van der Waals surface area contributed by atoms with Gasteiger partial charge in [-0.2, -0.15) is 4.80 Å². The van der Waals surface area contributed by atoms with Crippen molar-refractivity contribution in [2.24, 2.45) is 0 Å².